The SMILES string of the molecule is CC1CCC(C)N1CCC1CN(C)C(=O)c2cccnc2O1.O=C([O-])/C=C/C(=O)[O-]. The van der Waals surface area contributed by atoms with Gasteiger partial charge in [0.25, 0.3) is 5.91 Å². The van der Waals surface area contributed by atoms with Crippen LogP contribution in [0.4, 0.5) is 0 Å². The number of rotatable bonds is 5. The Labute approximate surface area is 176 Å². The lowest BCUT2D eigenvalue weighted by Gasteiger charge is -2.28. The molecule has 1 fully saturated rings. The highest BCUT2D eigenvalue weighted by atomic mass is 16.5. The topological polar surface area (TPSA) is 126 Å². The number of likely N-dealkylation sites (N-methyl/N-ethyl adjacent to an activating group) is 1. The average molecular weight is 417 g/mol. The lowest BCUT2D eigenvalue weighted by atomic mass is 10.2. The Kier molecular flexibility index (Phi) is 8.35. The Balaban J connectivity index is 0.000000343. The van der Waals surface area contributed by atoms with Crippen molar-refractivity contribution in [1.82, 2.24) is 14.8 Å². The van der Waals surface area contributed by atoms with Gasteiger partial charge in [0.1, 0.15) is 11.7 Å². The number of fused-ring (bicyclic) bond motifs is 1. The first-order valence-electron chi connectivity index (χ1n) is 9.92. The molecule has 9 heteroatoms. The number of aliphatic carboxylic acids is 2. The van der Waals surface area contributed by atoms with Crippen molar-refractivity contribution < 1.29 is 29.3 Å². The number of hydrogen-bond acceptors (Lipinski definition) is 8. The second kappa shape index (κ2) is 10.7. The van der Waals surface area contributed by atoms with Crippen molar-refractivity contribution in [1.29, 1.82) is 0 Å². The molecule has 2 aliphatic rings. The van der Waals surface area contributed by atoms with Crippen LogP contribution in [-0.2, 0) is 9.59 Å². The number of carbonyl (C=O) groups excluding carboxylic acids is 3. The monoisotopic (exact) mass is 417 g/mol. The minimum Gasteiger partial charge on any atom is -0.545 e. The highest BCUT2D eigenvalue weighted by Crippen LogP contribution is 2.26. The van der Waals surface area contributed by atoms with Crippen molar-refractivity contribution in [2.24, 2.45) is 0 Å². The summed E-state index contributed by atoms with van der Waals surface area (Å²) in [5.74, 6) is -2.62. The molecule has 3 rings (SSSR count). The van der Waals surface area contributed by atoms with Gasteiger partial charge in [-0.3, -0.25) is 9.69 Å². The molecule has 2 aliphatic heterocycles. The van der Waals surface area contributed by atoms with Crippen molar-refractivity contribution in [3.8, 4) is 5.88 Å². The van der Waals surface area contributed by atoms with Crippen molar-refractivity contribution >= 4 is 17.8 Å². The maximum absolute atomic E-state index is 12.3. The van der Waals surface area contributed by atoms with Gasteiger partial charge in [0.05, 0.1) is 18.5 Å². The number of carboxylic acids is 2. The molecule has 30 heavy (non-hydrogen) atoms. The van der Waals surface area contributed by atoms with E-state index in [0.717, 1.165) is 13.0 Å². The number of aromatic nitrogens is 1. The van der Waals surface area contributed by atoms with Crippen LogP contribution in [0.5, 0.6) is 5.88 Å². The molecule has 1 aromatic heterocycles. The Morgan fingerprint density at radius 1 is 1.20 bits per heavy atom. The molecule has 1 saturated heterocycles. The van der Waals surface area contributed by atoms with Crippen LogP contribution in [0, 0.1) is 0 Å². The zero-order valence-corrected chi connectivity index (χ0v) is 17.4. The standard InChI is InChI=1S/C17H25N3O2.C4H4O4/c1-12-6-7-13(2)20(12)10-8-14-11-19(3)17(21)15-5-4-9-18-16(15)22-14;5-3(6)1-2-4(7)8/h4-5,9,12-14H,6-8,10-11H2,1-3H3;1-2H,(H,5,6)(H,7,8)/p-2/b;2-1+. The summed E-state index contributed by atoms with van der Waals surface area (Å²) < 4.78 is 6.03. The van der Waals surface area contributed by atoms with E-state index in [0.29, 0.717) is 42.2 Å². The Bertz CT molecular complexity index is 771. The fourth-order valence-electron chi connectivity index (χ4n) is 3.71. The molecule has 0 saturated carbocycles. The zero-order valence-electron chi connectivity index (χ0n) is 17.4. The number of carbonyl (C=O) groups is 3. The van der Waals surface area contributed by atoms with E-state index in [4.69, 9.17) is 4.74 Å². The van der Waals surface area contributed by atoms with E-state index in [1.165, 1.54) is 12.8 Å². The largest absolute Gasteiger partial charge is 0.545 e. The number of amides is 1. The first kappa shape index (κ1) is 23.3. The Hall–Kier alpha value is -2.94. The van der Waals surface area contributed by atoms with E-state index in [1.807, 2.05) is 7.05 Å². The molecule has 0 N–H and O–H groups in total. The first-order valence-corrected chi connectivity index (χ1v) is 9.92. The van der Waals surface area contributed by atoms with E-state index in [-0.39, 0.29) is 12.0 Å². The van der Waals surface area contributed by atoms with Crippen LogP contribution in [0.2, 0.25) is 0 Å². The van der Waals surface area contributed by atoms with Crippen molar-refractivity contribution in [3.05, 3.63) is 36.0 Å². The number of carboxylic acid groups (broad SMARTS) is 2. The lowest BCUT2D eigenvalue weighted by Crippen LogP contribution is -2.39. The van der Waals surface area contributed by atoms with E-state index in [1.54, 1.807) is 23.2 Å². The van der Waals surface area contributed by atoms with Gasteiger partial charge in [-0.25, -0.2) is 4.98 Å². The molecule has 1 aromatic rings. The number of likely N-dealkylation sites (tertiary alicyclic amines) is 1. The average Bonchev–Trinajstić information content (AvgIpc) is 2.95. The maximum Gasteiger partial charge on any atom is 0.259 e. The predicted molar refractivity (Wildman–Crippen MR) is 104 cm³/mol. The predicted octanol–water partition coefficient (Wildman–Crippen LogP) is -0.780. The second-order valence-corrected chi connectivity index (χ2v) is 7.55. The maximum atomic E-state index is 12.3. The molecular formula is C21H27N3O6-2. The van der Waals surface area contributed by atoms with E-state index < -0.39 is 11.9 Å². The third-order valence-electron chi connectivity index (χ3n) is 5.30. The molecular weight excluding hydrogens is 390 g/mol. The molecule has 0 bridgehead atoms. The second-order valence-electron chi connectivity index (χ2n) is 7.55. The summed E-state index contributed by atoms with van der Waals surface area (Å²) in [5, 5.41) is 18.8. The van der Waals surface area contributed by atoms with E-state index in [9.17, 15) is 24.6 Å². The molecule has 1 amide bonds. The normalized spacial score (nSPS) is 23.9. The number of pyridine rings is 1. The minimum absolute atomic E-state index is 0.00472. The molecule has 164 valence electrons. The fourth-order valence-corrected chi connectivity index (χ4v) is 3.71. The number of hydrogen-bond donors (Lipinski definition) is 0. The summed E-state index contributed by atoms with van der Waals surface area (Å²) in [5.41, 5.74) is 0.565. The summed E-state index contributed by atoms with van der Waals surface area (Å²) in [6, 6.07) is 4.85. The molecule has 0 spiro atoms. The van der Waals surface area contributed by atoms with Crippen LogP contribution < -0.4 is 14.9 Å². The van der Waals surface area contributed by atoms with Gasteiger partial charge in [0.15, 0.2) is 0 Å². The van der Waals surface area contributed by atoms with Gasteiger partial charge < -0.3 is 29.4 Å². The van der Waals surface area contributed by atoms with Gasteiger partial charge in [0, 0.05) is 31.9 Å². The van der Waals surface area contributed by atoms with Crippen LogP contribution in [0.25, 0.3) is 0 Å². The molecule has 3 atom stereocenters. The molecule has 9 nitrogen and oxygen atoms in total. The molecule has 0 aromatic carbocycles. The first-order chi connectivity index (χ1) is 14.2. The van der Waals surface area contributed by atoms with Crippen LogP contribution in [0.1, 0.15) is 43.5 Å². The van der Waals surface area contributed by atoms with Crippen molar-refractivity contribution in [2.45, 2.75) is 51.3 Å². The highest BCUT2D eigenvalue weighted by molar-refractivity contribution is 5.96. The van der Waals surface area contributed by atoms with Crippen LogP contribution >= 0.6 is 0 Å². The lowest BCUT2D eigenvalue weighted by molar-refractivity contribution is -0.301. The molecule has 3 unspecified atom stereocenters. The third-order valence-corrected chi connectivity index (χ3v) is 5.30. The zero-order chi connectivity index (χ0) is 22.3. The number of ether oxygens (including phenoxy) is 1. The van der Waals surface area contributed by atoms with Crippen LogP contribution in [0.3, 0.4) is 0 Å². The number of nitrogens with zero attached hydrogens (tertiary/aromatic N) is 3. The van der Waals surface area contributed by atoms with Gasteiger partial charge in [0.2, 0.25) is 5.88 Å². The van der Waals surface area contributed by atoms with Crippen LogP contribution in [0.15, 0.2) is 30.5 Å². The minimum atomic E-state index is -1.55. The Morgan fingerprint density at radius 2 is 1.80 bits per heavy atom. The van der Waals surface area contributed by atoms with Crippen molar-refractivity contribution in [2.75, 3.05) is 20.1 Å². The third kappa shape index (κ3) is 6.55. The highest BCUT2D eigenvalue weighted by Gasteiger charge is 2.30. The summed E-state index contributed by atoms with van der Waals surface area (Å²) in [4.78, 5) is 39.7. The quantitative estimate of drug-likeness (QED) is 0.571. The van der Waals surface area contributed by atoms with Crippen LogP contribution in [-0.4, -0.2) is 71.0 Å². The molecule has 0 aliphatic carbocycles. The smallest absolute Gasteiger partial charge is 0.259 e. The van der Waals surface area contributed by atoms with E-state index in [2.05, 4.69) is 23.7 Å². The molecule has 0 radical (unpaired) electrons. The van der Waals surface area contributed by atoms with Gasteiger partial charge in [-0.15, -0.1) is 0 Å². The fraction of sp³-hybridized carbons (Fsp3) is 0.524. The molecule has 3 heterocycles. The summed E-state index contributed by atoms with van der Waals surface area (Å²) >= 11 is 0. The van der Waals surface area contributed by atoms with Gasteiger partial charge in [-0.1, -0.05) is 0 Å². The Morgan fingerprint density at radius 3 is 2.37 bits per heavy atom. The summed E-state index contributed by atoms with van der Waals surface area (Å²) in [6.07, 6.45) is 5.92. The summed E-state index contributed by atoms with van der Waals surface area (Å²) in [7, 11) is 1.84. The van der Waals surface area contributed by atoms with E-state index >= 15 is 0 Å². The van der Waals surface area contributed by atoms with Gasteiger partial charge in [-0.05, 0) is 57.4 Å². The van der Waals surface area contributed by atoms with Gasteiger partial charge in [-0.2, -0.15) is 0 Å². The summed E-state index contributed by atoms with van der Waals surface area (Å²) in [6.45, 7) is 6.22. The van der Waals surface area contributed by atoms with Crippen molar-refractivity contribution in [3.63, 3.8) is 0 Å². The van der Waals surface area contributed by atoms with Gasteiger partial charge >= 0.3 is 0 Å².